The molecule has 0 aromatic heterocycles. The smallest absolute Gasteiger partial charge is 0.0511 e. The molecule has 1 aliphatic heterocycles. The van der Waals surface area contributed by atoms with E-state index in [2.05, 4.69) is 86.9 Å². The van der Waals surface area contributed by atoms with Gasteiger partial charge in [0, 0.05) is 29.4 Å². The molecule has 1 aliphatic carbocycles. The predicted octanol–water partition coefficient (Wildman–Crippen LogP) is 8.37. The standard InChI is InChI=1S/C31H42N2/c1-4-5-15-29(27-13-7-6-8-14-27)33-30-23-32-22-28(31(30,2)3)26-20-18-25(19-21-26)17-16-24-11-9-10-12-24/h6-8,13-14,18-24,28-29,33H,4-5,9-12,15-17H2,1-3H3. The molecule has 2 aromatic rings. The Morgan fingerprint density at radius 2 is 1.73 bits per heavy atom. The molecule has 1 N–H and O–H groups in total. The molecule has 2 atom stereocenters. The summed E-state index contributed by atoms with van der Waals surface area (Å²) in [5.74, 6) is 1.23. The van der Waals surface area contributed by atoms with Crippen molar-refractivity contribution < 1.29 is 0 Å². The summed E-state index contributed by atoms with van der Waals surface area (Å²) < 4.78 is 0. The minimum Gasteiger partial charge on any atom is -0.380 e. The van der Waals surface area contributed by atoms with Crippen molar-refractivity contribution in [2.24, 2.45) is 16.3 Å². The van der Waals surface area contributed by atoms with Gasteiger partial charge in [-0.2, -0.15) is 0 Å². The van der Waals surface area contributed by atoms with Crippen LogP contribution in [0.5, 0.6) is 0 Å². The number of unbranched alkanes of at least 4 members (excludes halogenated alkanes) is 1. The molecule has 2 aromatic carbocycles. The number of hydrogen-bond acceptors (Lipinski definition) is 2. The minimum atomic E-state index is -0.0354. The number of nitrogens with zero attached hydrogens (tertiary/aromatic N) is 1. The lowest BCUT2D eigenvalue weighted by Gasteiger charge is -2.39. The summed E-state index contributed by atoms with van der Waals surface area (Å²) in [6.45, 7) is 6.98. The van der Waals surface area contributed by atoms with Gasteiger partial charge in [0.25, 0.3) is 0 Å². The molecule has 0 spiro atoms. The van der Waals surface area contributed by atoms with Gasteiger partial charge in [-0.3, -0.25) is 4.99 Å². The lowest BCUT2D eigenvalue weighted by atomic mass is 9.72. The first-order valence-corrected chi connectivity index (χ1v) is 13.2. The summed E-state index contributed by atoms with van der Waals surface area (Å²) >= 11 is 0. The highest BCUT2D eigenvalue weighted by Gasteiger charge is 2.36. The molecule has 4 rings (SSSR count). The summed E-state index contributed by atoms with van der Waals surface area (Å²) in [5.41, 5.74) is 5.41. The van der Waals surface area contributed by atoms with Crippen molar-refractivity contribution in [3.8, 4) is 0 Å². The van der Waals surface area contributed by atoms with Gasteiger partial charge in [0.2, 0.25) is 0 Å². The number of rotatable bonds is 10. The van der Waals surface area contributed by atoms with Crippen LogP contribution in [0.1, 0.15) is 101 Å². The normalized spacial score (nSPS) is 21.1. The SMILES string of the molecule is CCCCC(NC1=CN=CC(c2ccc(CCC3CCCC3)cc2)C1(C)C)c1ccccc1. The third-order valence-corrected chi connectivity index (χ3v) is 7.94. The summed E-state index contributed by atoms with van der Waals surface area (Å²) in [4.78, 5) is 4.70. The summed E-state index contributed by atoms with van der Waals surface area (Å²) in [7, 11) is 0. The largest absolute Gasteiger partial charge is 0.380 e. The third kappa shape index (κ3) is 5.96. The maximum atomic E-state index is 4.70. The van der Waals surface area contributed by atoms with Crippen molar-refractivity contribution in [1.82, 2.24) is 5.32 Å². The Kier molecular flexibility index (Phi) is 8.06. The zero-order valence-corrected chi connectivity index (χ0v) is 20.9. The van der Waals surface area contributed by atoms with E-state index in [1.807, 2.05) is 6.20 Å². The van der Waals surface area contributed by atoms with E-state index in [-0.39, 0.29) is 11.3 Å². The number of aliphatic imine (C=N–C) groups is 1. The Morgan fingerprint density at radius 1 is 1.00 bits per heavy atom. The van der Waals surface area contributed by atoms with Crippen molar-refractivity contribution in [1.29, 1.82) is 0 Å². The molecule has 0 radical (unpaired) electrons. The summed E-state index contributed by atoms with van der Waals surface area (Å²) in [6.07, 6.45) is 16.1. The summed E-state index contributed by atoms with van der Waals surface area (Å²) in [6, 6.07) is 20.6. The number of benzene rings is 2. The Balaban J connectivity index is 1.45. The minimum absolute atomic E-state index is 0.0354. The van der Waals surface area contributed by atoms with E-state index in [1.165, 1.54) is 73.8 Å². The Bertz CT molecular complexity index is 917. The monoisotopic (exact) mass is 442 g/mol. The molecule has 0 bridgehead atoms. The lowest BCUT2D eigenvalue weighted by molar-refractivity contribution is 0.357. The van der Waals surface area contributed by atoms with E-state index in [9.17, 15) is 0 Å². The molecule has 1 heterocycles. The quantitative estimate of drug-likeness (QED) is 0.393. The van der Waals surface area contributed by atoms with Crippen LogP contribution in [0.3, 0.4) is 0 Å². The average Bonchev–Trinajstić information content (AvgIpc) is 3.36. The second-order valence-corrected chi connectivity index (χ2v) is 10.7. The molecule has 0 amide bonds. The number of hydrogen-bond donors (Lipinski definition) is 1. The fourth-order valence-corrected chi connectivity index (χ4v) is 5.61. The highest BCUT2D eigenvalue weighted by molar-refractivity contribution is 5.72. The van der Waals surface area contributed by atoms with Gasteiger partial charge in [-0.05, 0) is 41.9 Å². The fourth-order valence-electron chi connectivity index (χ4n) is 5.61. The molecule has 0 saturated heterocycles. The molecule has 2 unspecified atom stereocenters. The predicted molar refractivity (Wildman–Crippen MR) is 142 cm³/mol. The van der Waals surface area contributed by atoms with Crippen LogP contribution in [-0.2, 0) is 6.42 Å². The molecule has 33 heavy (non-hydrogen) atoms. The zero-order chi connectivity index (χ0) is 23.1. The Morgan fingerprint density at radius 3 is 2.42 bits per heavy atom. The Labute approximate surface area is 201 Å². The molecular weight excluding hydrogens is 400 g/mol. The first-order chi connectivity index (χ1) is 16.1. The van der Waals surface area contributed by atoms with E-state index in [0.29, 0.717) is 6.04 Å². The molecule has 2 nitrogen and oxygen atoms in total. The highest BCUT2D eigenvalue weighted by atomic mass is 15.0. The lowest BCUT2D eigenvalue weighted by Crippen LogP contribution is -2.36. The average molecular weight is 443 g/mol. The van der Waals surface area contributed by atoms with Crippen molar-refractivity contribution in [2.45, 2.75) is 90.5 Å². The van der Waals surface area contributed by atoms with Crippen LogP contribution < -0.4 is 5.32 Å². The third-order valence-electron chi connectivity index (χ3n) is 7.94. The summed E-state index contributed by atoms with van der Waals surface area (Å²) in [5, 5.41) is 3.91. The molecule has 2 aliphatic rings. The molecule has 176 valence electrons. The first-order valence-electron chi connectivity index (χ1n) is 13.2. The van der Waals surface area contributed by atoms with Crippen molar-refractivity contribution >= 4 is 6.21 Å². The van der Waals surface area contributed by atoms with Crippen LogP contribution in [0.15, 0.2) is 71.5 Å². The first kappa shape index (κ1) is 23.8. The van der Waals surface area contributed by atoms with Gasteiger partial charge in [-0.15, -0.1) is 0 Å². The van der Waals surface area contributed by atoms with Gasteiger partial charge in [-0.1, -0.05) is 114 Å². The van der Waals surface area contributed by atoms with E-state index >= 15 is 0 Å². The number of allylic oxidation sites excluding steroid dienone is 1. The fraction of sp³-hybridized carbons (Fsp3) is 0.516. The van der Waals surface area contributed by atoms with Crippen LogP contribution in [0.2, 0.25) is 0 Å². The molecule has 2 heteroatoms. The number of nitrogens with one attached hydrogen (secondary N) is 1. The van der Waals surface area contributed by atoms with E-state index in [1.54, 1.807) is 0 Å². The van der Waals surface area contributed by atoms with Gasteiger partial charge >= 0.3 is 0 Å². The van der Waals surface area contributed by atoms with Crippen molar-refractivity contribution in [2.75, 3.05) is 0 Å². The Hall–Kier alpha value is -2.35. The van der Waals surface area contributed by atoms with Gasteiger partial charge in [0.05, 0.1) is 6.04 Å². The highest BCUT2D eigenvalue weighted by Crippen LogP contribution is 2.43. The van der Waals surface area contributed by atoms with Crippen LogP contribution >= 0.6 is 0 Å². The van der Waals surface area contributed by atoms with Crippen LogP contribution in [0.25, 0.3) is 0 Å². The van der Waals surface area contributed by atoms with Crippen LogP contribution in [0, 0.1) is 11.3 Å². The van der Waals surface area contributed by atoms with E-state index in [4.69, 9.17) is 4.99 Å². The topological polar surface area (TPSA) is 24.4 Å². The van der Waals surface area contributed by atoms with Gasteiger partial charge in [-0.25, -0.2) is 0 Å². The van der Waals surface area contributed by atoms with Crippen molar-refractivity contribution in [3.63, 3.8) is 0 Å². The van der Waals surface area contributed by atoms with Crippen LogP contribution in [0.4, 0.5) is 0 Å². The number of aryl methyl sites for hydroxylation is 1. The molecule has 1 fully saturated rings. The van der Waals surface area contributed by atoms with E-state index in [0.717, 1.165) is 12.3 Å². The molecule has 1 saturated carbocycles. The maximum Gasteiger partial charge on any atom is 0.0511 e. The second-order valence-electron chi connectivity index (χ2n) is 10.7. The van der Waals surface area contributed by atoms with Crippen LogP contribution in [-0.4, -0.2) is 6.21 Å². The zero-order valence-electron chi connectivity index (χ0n) is 20.9. The second kappa shape index (κ2) is 11.2. The van der Waals surface area contributed by atoms with Gasteiger partial charge in [0.1, 0.15) is 0 Å². The van der Waals surface area contributed by atoms with E-state index < -0.39 is 0 Å². The van der Waals surface area contributed by atoms with Gasteiger partial charge < -0.3 is 5.32 Å². The molecular formula is C31H42N2. The van der Waals surface area contributed by atoms with Crippen molar-refractivity contribution in [3.05, 3.63) is 83.2 Å². The maximum absolute atomic E-state index is 4.70. The van der Waals surface area contributed by atoms with Gasteiger partial charge in [0.15, 0.2) is 0 Å².